The van der Waals surface area contributed by atoms with E-state index in [0.717, 1.165) is 18.8 Å². The largest absolute Gasteiger partial charge is 0.378 e. The molecule has 0 saturated carbocycles. The van der Waals surface area contributed by atoms with Crippen LogP contribution in [0, 0.1) is 0 Å². The average Bonchev–Trinajstić information content (AvgIpc) is 2.96. The van der Waals surface area contributed by atoms with Gasteiger partial charge in [0.25, 0.3) is 5.91 Å². The van der Waals surface area contributed by atoms with E-state index in [0.29, 0.717) is 18.8 Å². The summed E-state index contributed by atoms with van der Waals surface area (Å²) in [5, 5.41) is 6.70. The maximum Gasteiger partial charge on any atom is 0.272 e. The zero-order chi connectivity index (χ0) is 15.2. The Kier molecular flexibility index (Phi) is 5.52. The van der Waals surface area contributed by atoms with Crippen molar-refractivity contribution in [2.75, 3.05) is 38.6 Å². The molecule has 0 aliphatic carbocycles. The zero-order valence-corrected chi connectivity index (χ0v) is 12.9. The van der Waals surface area contributed by atoms with E-state index in [9.17, 15) is 4.79 Å². The third-order valence-corrected chi connectivity index (χ3v) is 3.84. The first-order chi connectivity index (χ1) is 10.2. The van der Waals surface area contributed by atoms with Crippen molar-refractivity contribution in [1.82, 2.24) is 15.2 Å². The number of hydrogen-bond donors (Lipinski definition) is 2. The number of pyridine rings is 1. The van der Waals surface area contributed by atoms with Crippen molar-refractivity contribution in [2.24, 2.45) is 0 Å². The molecule has 1 fully saturated rings. The van der Waals surface area contributed by atoms with E-state index in [4.69, 9.17) is 4.74 Å². The number of amides is 1. The van der Waals surface area contributed by atoms with Crippen LogP contribution in [0.15, 0.2) is 18.3 Å². The highest BCUT2D eigenvalue weighted by molar-refractivity contribution is 5.93. The number of carbonyl (C=O) groups is 1. The third-order valence-electron chi connectivity index (χ3n) is 3.84. The summed E-state index contributed by atoms with van der Waals surface area (Å²) in [6, 6.07) is 3.89. The highest BCUT2D eigenvalue weighted by Gasteiger charge is 2.26. The Morgan fingerprint density at radius 1 is 1.48 bits per heavy atom. The normalized spacial score (nSPS) is 21.3. The minimum Gasteiger partial charge on any atom is -0.378 e. The van der Waals surface area contributed by atoms with Gasteiger partial charge in [0.2, 0.25) is 0 Å². The van der Waals surface area contributed by atoms with Crippen LogP contribution < -0.4 is 10.6 Å². The molecule has 21 heavy (non-hydrogen) atoms. The Morgan fingerprint density at radius 2 is 2.24 bits per heavy atom. The van der Waals surface area contributed by atoms with Crippen LogP contribution in [0.5, 0.6) is 0 Å². The van der Waals surface area contributed by atoms with Crippen molar-refractivity contribution in [3.63, 3.8) is 0 Å². The number of hydrogen-bond acceptors (Lipinski definition) is 5. The number of methoxy groups -OCH3 is 1. The van der Waals surface area contributed by atoms with Crippen LogP contribution in [0.1, 0.15) is 24.3 Å². The van der Waals surface area contributed by atoms with E-state index in [-0.39, 0.29) is 18.1 Å². The summed E-state index contributed by atoms with van der Waals surface area (Å²) in [6.07, 6.45) is 1.81. The molecule has 2 N–H and O–H groups in total. The third kappa shape index (κ3) is 3.71. The van der Waals surface area contributed by atoms with Gasteiger partial charge in [-0.15, -0.1) is 0 Å². The molecule has 2 heterocycles. The maximum atomic E-state index is 12.3. The number of carbonyl (C=O) groups excluding carboxylic acids is 1. The molecule has 1 aromatic rings. The quantitative estimate of drug-likeness (QED) is 0.817. The number of rotatable bonds is 6. The molecule has 0 spiro atoms. The van der Waals surface area contributed by atoms with Gasteiger partial charge in [-0.3, -0.25) is 9.78 Å². The second kappa shape index (κ2) is 7.38. The molecule has 0 aromatic carbocycles. The van der Waals surface area contributed by atoms with Crippen molar-refractivity contribution in [3.05, 3.63) is 24.0 Å². The first kappa shape index (κ1) is 15.7. The highest BCUT2D eigenvalue weighted by atomic mass is 16.5. The average molecular weight is 292 g/mol. The molecule has 1 aliphatic heterocycles. The standard InChI is InChI=1S/C15H24N4O2/c1-4-19(5-2)15(20)12-8-11(6-7-17-12)18-13-9-16-10-14(13)21-3/h6-8,13-14,16H,4-5,9-10H2,1-3H3,(H,17,18)/t13?,14-/m0/s1. The van der Waals surface area contributed by atoms with E-state index in [2.05, 4.69) is 15.6 Å². The molecule has 2 atom stereocenters. The van der Waals surface area contributed by atoms with E-state index in [1.54, 1.807) is 18.2 Å². The van der Waals surface area contributed by atoms with Crippen LogP contribution in [0.2, 0.25) is 0 Å². The van der Waals surface area contributed by atoms with E-state index < -0.39 is 0 Å². The molecule has 1 amide bonds. The molecule has 116 valence electrons. The molecule has 1 unspecified atom stereocenters. The maximum absolute atomic E-state index is 12.3. The molecule has 6 nitrogen and oxygen atoms in total. The molecular weight excluding hydrogens is 268 g/mol. The summed E-state index contributed by atoms with van der Waals surface area (Å²) in [4.78, 5) is 18.3. The molecule has 6 heteroatoms. The Morgan fingerprint density at radius 3 is 2.90 bits per heavy atom. The molecule has 2 rings (SSSR count). The SMILES string of the molecule is CCN(CC)C(=O)c1cc(NC2CNC[C@@H]2OC)ccn1. The van der Waals surface area contributed by atoms with Crippen LogP contribution in [0.25, 0.3) is 0 Å². The van der Waals surface area contributed by atoms with Gasteiger partial charge in [-0.05, 0) is 26.0 Å². The lowest BCUT2D eigenvalue weighted by molar-refractivity contribution is 0.0767. The first-order valence-electron chi connectivity index (χ1n) is 7.45. The van der Waals surface area contributed by atoms with Gasteiger partial charge in [0.1, 0.15) is 5.69 Å². The van der Waals surface area contributed by atoms with Crippen LogP contribution in [-0.4, -0.2) is 61.2 Å². The van der Waals surface area contributed by atoms with Gasteiger partial charge in [0.05, 0.1) is 12.1 Å². The molecule has 1 aromatic heterocycles. The Hall–Kier alpha value is -1.66. The summed E-state index contributed by atoms with van der Waals surface area (Å²) in [7, 11) is 1.72. The predicted octanol–water partition coefficient (Wildman–Crippen LogP) is 0.962. The fourth-order valence-corrected chi connectivity index (χ4v) is 2.57. The van der Waals surface area contributed by atoms with Gasteiger partial charge in [0, 0.05) is 45.2 Å². The molecule has 0 radical (unpaired) electrons. The first-order valence-corrected chi connectivity index (χ1v) is 7.45. The van der Waals surface area contributed by atoms with Crippen LogP contribution in [-0.2, 0) is 4.74 Å². The second-order valence-corrected chi connectivity index (χ2v) is 5.09. The molecule has 1 aliphatic rings. The highest BCUT2D eigenvalue weighted by Crippen LogP contribution is 2.15. The van der Waals surface area contributed by atoms with E-state index >= 15 is 0 Å². The van der Waals surface area contributed by atoms with Gasteiger partial charge in [-0.25, -0.2) is 0 Å². The monoisotopic (exact) mass is 292 g/mol. The minimum absolute atomic E-state index is 0.0310. The Labute approximate surface area is 125 Å². The van der Waals surface area contributed by atoms with Gasteiger partial charge in [0.15, 0.2) is 0 Å². The second-order valence-electron chi connectivity index (χ2n) is 5.09. The number of aromatic nitrogens is 1. The minimum atomic E-state index is -0.0310. The Bertz CT molecular complexity index is 476. The van der Waals surface area contributed by atoms with Gasteiger partial charge in [-0.2, -0.15) is 0 Å². The summed E-state index contributed by atoms with van der Waals surface area (Å²) in [5.41, 5.74) is 1.37. The predicted molar refractivity (Wildman–Crippen MR) is 82.6 cm³/mol. The van der Waals surface area contributed by atoms with Gasteiger partial charge in [-0.1, -0.05) is 0 Å². The zero-order valence-electron chi connectivity index (χ0n) is 12.9. The smallest absolute Gasteiger partial charge is 0.272 e. The van der Waals surface area contributed by atoms with Crippen molar-refractivity contribution in [1.29, 1.82) is 0 Å². The van der Waals surface area contributed by atoms with Crippen LogP contribution in [0.3, 0.4) is 0 Å². The van der Waals surface area contributed by atoms with Crippen LogP contribution in [0.4, 0.5) is 5.69 Å². The van der Waals surface area contributed by atoms with E-state index in [1.807, 2.05) is 26.0 Å². The van der Waals surface area contributed by atoms with Crippen molar-refractivity contribution < 1.29 is 9.53 Å². The van der Waals surface area contributed by atoms with Crippen molar-refractivity contribution in [3.8, 4) is 0 Å². The molecular formula is C15H24N4O2. The van der Waals surface area contributed by atoms with Gasteiger partial charge < -0.3 is 20.3 Å². The lowest BCUT2D eigenvalue weighted by Gasteiger charge is -2.21. The fourth-order valence-electron chi connectivity index (χ4n) is 2.57. The summed E-state index contributed by atoms with van der Waals surface area (Å²) < 4.78 is 5.43. The fraction of sp³-hybridized carbons (Fsp3) is 0.600. The molecule has 0 bridgehead atoms. The number of nitrogens with zero attached hydrogens (tertiary/aromatic N) is 2. The topological polar surface area (TPSA) is 66.5 Å². The summed E-state index contributed by atoms with van der Waals surface area (Å²) in [6.45, 7) is 7.00. The summed E-state index contributed by atoms with van der Waals surface area (Å²) >= 11 is 0. The lowest BCUT2D eigenvalue weighted by Crippen LogP contribution is -2.34. The van der Waals surface area contributed by atoms with Crippen molar-refractivity contribution in [2.45, 2.75) is 26.0 Å². The van der Waals surface area contributed by atoms with Crippen molar-refractivity contribution >= 4 is 11.6 Å². The summed E-state index contributed by atoms with van der Waals surface area (Å²) in [5.74, 6) is -0.0310. The lowest BCUT2D eigenvalue weighted by atomic mass is 10.2. The van der Waals surface area contributed by atoms with Crippen LogP contribution >= 0.6 is 0 Å². The molecule has 1 saturated heterocycles. The van der Waals surface area contributed by atoms with E-state index in [1.165, 1.54) is 0 Å². The number of anilines is 1. The van der Waals surface area contributed by atoms with Gasteiger partial charge >= 0.3 is 0 Å². The number of ether oxygens (including phenoxy) is 1. The number of nitrogens with one attached hydrogen (secondary N) is 2. The Balaban J connectivity index is 2.09.